The molecule has 3 N–H and O–H groups in total. The largest absolute Gasteiger partial charge is 0.397 e. The quantitative estimate of drug-likeness (QED) is 0.807. The van der Waals surface area contributed by atoms with Crippen LogP contribution in [0.3, 0.4) is 0 Å². The van der Waals surface area contributed by atoms with Gasteiger partial charge in [-0.15, -0.1) is 0 Å². The van der Waals surface area contributed by atoms with E-state index in [0.717, 1.165) is 28.2 Å². The maximum Gasteiger partial charge on any atom is 0.0713 e. The van der Waals surface area contributed by atoms with Gasteiger partial charge < -0.3 is 15.8 Å². The predicted molar refractivity (Wildman–Crippen MR) is 76.0 cm³/mol. The number of nitrogens with two attached hydrogens (primary N) is 1. The highest BCUT2D eigenvalue weighted by molar-refractivity contribution is 5.75. The molecule has 0 amide bonds. The molecule has 18 heavy (non-hydrogen) atoms. The van der Waals surface area contributed by atoms with Crippen LogP contribution in [0.5, 0.6) is 0 Å². The second-order valence-electron chi connectivity index (χ2n) is 4.29. The van der Waals surface area contributed by atoms with E-state index < -0.39 is 0 Å². The van der Waals surface area contributed by atoms with Gasteiger partial charge in [0.15, 0.2) is 0 Å². The lowest BCUT2D eigenvalue weighted by Crippen LogP contribution is -1.98. The number of hydrogen-bond acceptors (Lipinski definition) is 3. The van der Waals surface area contributed by atoms with Crippen molar-refractivity contribution < 1.29 is 4.74 Å². The Bertz CT molecular complexity index is 500. The minimum Gasteiger partial charge on any atom is -0.397 e. The maximum absolute atomic E-state index is 5.96. The van der Waals surface area contributed by atoms with Gasteiger partial charge in [-0.2, -0.15) is 0 Å². The Morgan fingerprint density at radius 2 is 1.83 bits per heavy atom. The number of ether oxygens (including phenoxy) is 1. The van der Waals surface area contributed by atoms with Gasteiger partial charge in [0.2, 0.25) is 0 Å². The van der Waals surface area contributed by atoms with Crippen molar-refractivity contribution in [1.82, 2.24) is 0 Å². The molecule has 94 valence electrons. The fourth-order valence-electron chi connectivity index (χ4n) is 1.86. The minimum atomic E-state index is 0.632. The Morgan fingerprint density at radius 3 is 2.44 bits per heavy atom. The van der Waals surface area contributed by atoms with Gasteiger partial charge in [0, 0.05) is 12.8 Å². The highest BCUT2D eigenvalue weighted by Gasteiger charge is 2.02. The molecule has 0 saturated heterocycles. The molecule has 0 fully saturated rings. The van der Waals surface area contributed by atoms with Crippen molar-refractivity contribution in [2.45, 2.75) is 13.5 Å². The van der Waals surface area contributed by atoms with Crippen molar-refractivity contribution in [2.75, 3.05) is 18.2 Å². The van der Waals surface area contributed by atoms with E-state index in [9.17, 15) is 0 Å². The first-order chi connectivity index (χ1) is 8.70. The predicted octanol–water partition coefficient (Wildman–Crippen LogP) is 3.47. The molecule has 0 aliphatic carbocycles. The van der Waals surface area contributed by atoms with E-state index in [-0.39, 0.29) is 0 Å². The molecular formula is C15H18N2O. The first-order valence-corrected chi connectivity index (χ1v) is 5.90. The summed E-state index contributed by atoms with van der Waals surface area (Å²) < 4.78 is 5.08. The number of nitrogen functional groups attached to an aromatic ring is 1. The van der Waals surface area contributed by atoms with Crippen LogP contribution < -0.4 is 11.1 Å². The third-order valence-electron chi connectivity index (χ3n) is 2.84. The van der Waals surface area contributed by atoms with Crippen molar-refractivity contribution in [3.05, 3.63) is 53.6 Å². The number of hydrogen-bond donors (Lipinski definition) is 2. The number of aryl methyl sites for hydroxylation is 1. The Kier molecular flexibility index (Phi) is 3.85. The number of methoxy groups -OCH3 is 1. The average Bonchev–Trinajstić information content (AvgIpc) is 2.36. The van der Waals surface area contributed by atoms with E-state index in [1.54, 1.807) is 7.11 Å². The van der Waals surface area contributed by atoms with E-state index >= 15 is 0 Å². The number of anilines is 3. The van der Waals surface area contributed by atoms with Crippen molar-refractivity contribution in [1.29, 1.82) is 0 Å². The summed E-state index contributed by atoms with van der Waals surface area (Å²) in [6.45, 7) is 2.67. The summed E-state index contributed by atoms with van der Waals surface area (Å²) >= 11 is 0. The molecule has 0 spiro atoms. The number of para-hydroxylation sites is 1. The molecular weight excluding hydrogens is 224 g/mol. The zero-order chi connectivity index (χ0) is 13.0. The van der Waals surface area contributed by atoms with Crippen molar-refractivity contribution in [3.63, 3.8) is 0 Å². The first kappa shape index (κ1) is 12.5. The van der Waals surface area contributed by atoms with Crippen LogP contribution in [0.2, 0.25) is 0 Å². The van der Waals surface area contributed by atoms with Crippen molar-refractivity contribution in [2.24, 2.45) is 0 Å². The van der Waals surface area contributed by atoms with E-state index in [4.69, 9.17) is 10.5 Å². The van der Waals surface area contributed by atoms with Crippen molar-refractivity contribution >= 4 is 17.1 Å². The van der Waals surface area contributed by atoms with E-state index in [1.807, 2.05) is 49.4 Å². The number of nitrogens with one attached hydrogen (secondary N) is 1. The third kappa shape index (κ3) is 2.81. The molecule has 0 radical (unpaired) electrons. The lowest BCUT2D eigenvalue weighted by molar-refractivity contribution is 0.185. The van der Waals surface area contributed by atoms with E-state index in [0.29, 0.717) is 6.61 Å². The van der Waals surface area contributed by atoms with Gasteiger partial charge in [-0.3, -0.25) is 0 Å². The summed E-state index contributed by atoms with van der Waals surface area (Å²) in [4.78, 5) is 0. The number of benzene rings is 2. The Balaban J connectivity index is 2.18. The smallest absolute Gasteiger partial charge is 0.0713 e. The Labute approximate surface area is 108 Å². The first-order valence-electron chi connectivity index (χ1n) is 5.90. The summed E-state index contributed by atoms with van der Waals surface area (Å²) in [7, 11) is 1.69. The van der Waals surface area contributed by atoms with Gasteiger partial charge in [-0.25, -0.2) is 0 Å². The minimum absolute atomic E-state index is 0.632. The molecule has 0 atom stereocenters. The molecule has 2 aromatic carbocycles. The van der Waals surface area contributed by atoms with Crippen LogP contribution in [0.25, 0.3) is 0 Å². The van der Waals surface area contributed by atoms with Crippen LogP contribution >= 0.6 is 0 Å². The fraction of sp³-hybridized carbons (Fsp3) is 0.200. The lowest BCUT2D eigenvalue weighted by Gasteiger charge is -2.12. The van der Waals surface area contributed by atoms with Gasteiger partial charge in [0.05, 0.1) is 18.0 Å². The topological polar surface area (TPSA) is 47.3 Å². The molecule has 0 bridgehead atoms. The van der Waals surface area contributed by atoms with Gasteiger partial charge >= 0.3 is 0 Å². The third-order valence-corrected chi connectivity index (χ3v) is 2.84. The molecule has 0 aliphatic rings. The van der Waals surface area contributed by atoms with Crippen LogP contribution in [0.4, 0.5) is 17.1 Å². The standard InChI is InChI=1S/C15H18N2O/c1-11-4-3-5-14(16)15(11)17-13-8-6-12(7-9-13)10-18-2/h3-9,17H,10,16H2,1-2H3. The van der Waals surface area contributed by atoms with Crippen LogP contribution in [0.15, 0.2) is 42.5 Å². The maximum atomic E-state index is 5.96. The summed E-state index contributed by atoms with van der Waals surface area (Å²) in [6, 6.07) is 14.0. The van der Waals surface area contributed by atoms with Crippen LogP contribution in [-0.4, -0.2) is 7.11 Å². The second-order valence-corrected chi connectivity index (χ2v) is 4.29. The molecule has 0 aromatic heterocycles. The number of rotatable bonds is 4. The van der Waals surface area contributed by atoms with Gasteiger partial charge in [-0.05, 0) is 36.2 Å². The molecule has 0 unspecified atom stereocenters. The molecule has 2 rings (SSSR count). The molecule has 3 heteroatoms. The zero-order valence-electron chi connectivity index (χ0n) is 10.7. The summed E-state index contributed by atoms with van der Waals surface area (Å²) in [5, 5.41) is 3.34. The average molecular weight is 242 g/mol. The lowest BCUT2D eigenvalue weighted by atomic mass is 10.1. The van der Waals surface area contributed by atoms with Crippen molar-refractivity contribution in [3.8, 4) is 0 Å². The monoisotopic (exact) mass is 242 g/mol. The molecule has 3 nitrogen and oxygen atoms in total. The highest BCUT2D eigenvalue weighted by Crippen LogP contribution is 2.26. The second kappa shape index (κ2) is 5.56. The molecule has 0 heterocycles. The summed E-state index contributed by atoms with van der Waals surface area (Å²) in [5.74, 6) is 0. The summed E-state index contributed by atoms with van der Waals surface area (Å²) in [5.41, 5.74) is 11.0. The fourth-order valence-corrected chi connectivity index (χ4v) is 1.86. The Morgan fingerprint density at radius 1 is 1.11 bits per heavy atom. The van der Waals surface area contributed by atoms with Gasteiger partial charge in [-0.1, -0.05) is 24.3 Å². The zero-order valence-corrected chi connectivity index (χ0v) is 10.7. The van der Waals surface area contributed by atoms with Crippen LogP contribution in [-0.2, 0) is 11.3 Å². The SMILES string of the molecule is COCc1ccc(Nc2c(C)cccc2N)cc1. The van der Waals surface area contributed by atoms with E-state index in [1.165, 1.54) is 0 Å². The molecule has 0 aliphatic heterocycles. The van der Waals surface area contributed by atoms with E-state index in [2.05, 4.69) is 5.32 Å². The highest BCUT2D eigenvalue weighted by atomic mass is 16.5. The molecule has 0 saturated carbocycles. The molecule has 2 aromatic rings. The van der Waals surface area contributed by atoms with Crippen LogP contribution in [0.1, 0.15) is 11.1 Å². The normalized spacial score (nSPS) is 10.3. The Hall–Kier alpha value is -2.00. The van der Waals surface area contributed by atoms with Gasteiger partial charge in [0.25, 0.3) is 0 Å². The summed E-state index contributed by atoms with van der Waals surface area (Å²) in [6.07, 6.45) is 0. The van der Waals surface area contributed by atoms with Gasteiger partial charge in [0.1, 0.15) is 0 Å². The van der Waals surface area contributed by atoms with Crippen LogP contribution in [0, 0.1) is 6.92 Å².